The second kappa shape index (κ2) is 7.98. The number of fused-ring (bicyclic) bond motifs is 1. The second-order valence-corrected chi connectivity index (χ2v) is 5.55. The lowest BCUT2D eigenvalue weighted by molar-refractivity contribution is 0.626. The highest BCUT2D eigenvalue weighted by atomic mass is 35.5. The van der Waals surface area contributed by atoms with E-state index in [-0.39, 0.29) is 12.4 Å². The van der Waals surface area contributed by atoms with Gasteiger partial charge in [-0.25, -0.2) is 0 Å². The van der Waals surface area contributed by atoms with Gasteiger partial charge in [0.1, 0.15) is 0 Å². The number of hydrogen-bond acceptors (Lipinski definition) is 1. The molecule has 1 atom stereocenters. The quantitative estimate of drug-likeness (QED) is 0.713. The van der Waals surface area contributed by atoms with Crippen LogP contribution in [0.1, 0.15) is 17.0 Å². The molecule has 0 amide bonds. The summed E-state index contributed by atoms with van der Waals surface area (Å²) in [7, 11) is 2.03. The minimum Gasteiger partial charge on any atom is -0.319 e. The maximum absolute atomic E-state index is 3.33. The third kappa shape index (κ3) is 3.88. The fraction of sp³-hybridized carbons (Fsp3) is 0.200. The van der Waals surface area contributed by atoms with Crippen molar-refractivity contribution in [3.8, 4) is 0 Å². The Morgan fingerprint density at radius 3 is 2.23 bits per heavy atom. The van der Waals surface area contributed by atoms with E-state index >= 15 is 0 Å². The number of benzene rings is 3. The summed E-state index contributed by atoms with van der Waals surface area (Å²) in [5.74, 6) is 0.502. The SMILES string of the molecule is CNC[C@@H](Cc1ccccc1)c1ccc2ccccc2c1.Cl. The molecule has 3 rings (SSSR count). The van der Waals surface area contributed by atoms with Crippen LogP contribution in [-0.2, 0) is 6.42 Å². The average Bonchev–Trinajstić information content (AvgIpc) is 2.55. The zero-order valence-electron chi connectivity index (χ0n) is 12.8. The van der Waals surface area contributed by atoms with E-state index in [9.17, 15) is 0 Å². The molecule has 0 saturated carbocycles. The normalized spacial score (nSPS) is 11.9. The summed E-state index contributed by atoms with van der Waals surface area (Å²) in [6.07, 6.45) is 1.07. The largest absolute Gasteiger partial charge is 0.319 e. The first-order valence-corrected chi connectivity index (χ1v) is 7.54. The molecule has 3 aromatic carbocycles. The van der Waals surface area contributed by atoms with Crippen LogP contribution in [0, 0.1) is 0 Å². The van der Waals surface area contributed by atoms with Crippen LogP contribution in [0.25, 0.3) is 10.8 Å². The van der Waals surface area contributed by atoms with Crippen LogP contribution < -0.4 is 5.32 Å². The highest BCUT2D eigenvalue weighted by molar-refractivity contribution is 5.85. The molecule has 0 heterocycles. The Morgan fingerprint density at radius 2 is 1.50 bits per heavy atom. The van der Waals surface area contributed by atoms with Crippen molar-refractivity contribution in [2.75, 3.05) is 13.6 Å². The standard InChI is InChI=1S/C20H21N.ClH/c1-21-15-20(13-16-7-3-2-4-8-16)19-12-11-17-9-5-6-10-18(17)14-19;/h2-12,14,20-21H,13,15H2,1H3;1H/t20-;/m1./s1. The molecule has 0 aliphatic heterocycles. The number of likely N-dealkylation sites (N-methyl/N-ethyl adjacent to an activating group) is 1. The van der Waals surface area contributed by atoms with Gasteiger partial charge in [-0.2, -0.15) is 0 Å². The topological polar surface area (TPSA) is 12.0 Å². The van der Waals surface area contributed by atoms with Crippen molar-refractivity contribution in [1.82, 2.24) is 5.32 Å². The van der Waals surface area contributed by atoms with E-state index in [1.807, 2.05) is 7.05 Å². The van der Waals surface area contributed by atoms with Crippen LogP contribution in [0.2, 0.25) is 0 Å². The molecular formula is C20H22ClN. The molecular weight excluding hydrogens is 290 g/mol. The Labute approximate surface area is 138 Å². The molecule has 0 bridgehead atoms. The maximum atomic E-state index is 3.33. The van der Waals surface area contributed by atoms with Crippen molar-refractivity contribution >= 4 is 23.2 Å². The first-order valence-electron chi connectivity index (χ1n) is 7.54. The van der Waals surface area contributed by atoms with Crippen LogP contribution in [-0.4, -0.2) is 13.6 Å². The summed E-state index contributed by atoms with van der Waals surface area (Å²) < 4.78 is 0. The minimum atomic E-state index is 0. The van der Waals surface area contributed by atoms with Gasteiger partial charge in [0.2, 0.25) is 0 Å². The Morgan fingerprint density at radius 1 is 0.818 bits per heavy atom. The molecule has 0 aromatic heterocycles. The van der Waals surface area contributed by atoms with Crippen LogP contribution in [0.5, 0.6) is 0 Å². The molecule has 0 unspecified atom stereocenters. The van der Waals surface area contributed by atoms with E-state index in [1.54, 1.807) is 0 Å². The lowest BCUT2D eigenvalue weighted by Gasteiger charge is -2.18. The van der Waals surface area contributed by atoms with Gasteiger partial charge in [-0.05, 0) is 35.4 Å². The summed E-state index contributed by atoms with van der Waals surface area (Å²) in [6.45, 7) is 0.993. The fourth-order valence-electron chi connectivity index (χ4n) is 2.91. The van der Waals surface area contributed by atoms with E-state index < -0.39 is 0 Å². The van der Waals surface area contributed by atoms with Crippen molar-refractivity contribution in [3.63, 3.8) is 0 Å². The first kappa shape index (κ1) is 16.5. The Bertz CT molecular complexity index is 709. The van der Waals surface area contributed by atoms with Gasteiger partial charge in [0.15, 0.2) is 0 Å². The van der Waals surface area contributed by atoms with Gasteiger partial charge >= 0.3 is 0 Å². The van der Waals surface area contributed by atoms with E-state index in [0.717, 1.165) is 13.0 Å². The molecule has 0 spiro atoms. The number of hydrogen-bond donors (Lipinski definition) is 1. The molecule has 0 aliphatic carbocycles. The van der Waals surface area contributed by atoms with Gasteiger partial charge in [-0.1, -0.05) is 72.8 Å². The monoisotopic (exact) mass is 311 g/mol. The maximum Gasteiger partial charge on any atom is 0.00203 e. The Kier molecular flexibility index (Phi) is 6.00. The molecule has 2 heteroatoms. The van der Waals surface area contributed by atoms with Gasteiger partial charge in [0.05, 0.1) is 0 Å². The summed E-state index contributed by atoms with van der Waals surface area (Å²) in [5, 5.41) is 5.97. The Hall–Kier alpha value is -1.83. The molecule has 1 N–H and O–H groups in total. The zero-order chi connectivity index (χ0) is 14.5. The van der Waals surface area contributed by atoms with E-state index in [4.69, 9.17) is 0 Å². The van der Waals surface area contributed by atoms with Gasteiger partial charge in [0, 0.05) is 12.5 Å². The third-order valence-corrected chi connectivity index (χ3v) is 4.02. The molecule has 0 fully saturated rings. The van der Waals surface area contributed by atoms with Crippen molar-refractivity contribution in [2.24, 2.45) is 0 Å². The van der Waals surface area contributed by atoms with Gasteiger partial charge in [0.25, 0.3) is 0 Å². The van der Waals surface area contributed by atoms with E-state index in [1.165, 1.54) is 21.9 Å². The summed E-state index contributed by atoms with van der Waals surface area (Å²) >= 11 is 0. The molecule has 0 aliphatic rings. The van der Waals surface area contributed by atoms with Gasteiger partial charge < -0.3 is 5.32 Å². The number of nitrogens with one attached hydrogen (secondary N) is 1. The smallest absolute Gasteiger partial charge is 0.00203 e. The van der Waals surface area contributed by atoms with Crippen molar-refractivity contribution in [3.05, 3.63) is 83.9 Å². The average molecular weight is 312 g/mol. The molecule has 3 aromatic rings. The van der Waals surface area contributed by atoms with Gasteiger partial charge in [-0.3, -0.25) is 0 Å². The molecule has 1 nitrogen and oxygen atoms in total. The zero-order valence-corrected chi connectivity index (χ0v) is 13.6. The first-order chi connectivity index (χ1) is 10.4. The lowest BCUT2D eigenvalue weighted by Crippen LogP contribution is -2.19. The van der Waals surface area contributed by atoms with Crippen LogP contribution >= 0.6 is 12.4 Å². The number of halogens is 1. The minimum absolute atomic E-state index is 0. The third-order valence-electron chi connectivity index (χ3n) is 4.02. The highest BCUT2D eigenvalue weighted by Crippen LogP contribution is 2.24. The lowest BCUT2D eigenvalue weighted by atomic mass is 9.90. The predicted molar refractivity (Wildman–Crippen MR) is 98.0 cm³/mol. The van der Waals surface area contributed by atoms with Crippen LogP contribution in [0.3, 0.4) is 0 Å². The molecule has 0 radical (unpaired) electrons. The van der Waals surface area contributed by atoms with E-state index in [2.05, 4.69) is 78.1 Å². The highest BCUT2D eigenvalue weighted by Gasteiger charge is 2.12. The van der Waals surface area contributed by atoms with Crippen LogP contribution in [0.4, 0.5) is 0 Å². The van der Waals surface area contributed by atoms with E-state index in [0.29, 0.717) is 5.92 Å². The van der Waals surface area contributed by atoms with Gasteiger partial charge in [-0.15, -0.1) is 12.4 Å². The van der Waals surface area contributed by atoms with Crippen molar-refractivity contribution in [2.45, 2.75) is 12.3 Å². The second-order valence-electron chi connectivity index (χ2n) is 5.55. The molecule has 0 saturated heterocycles. The summed E-state index contributed by atoms with van der Waals surface area (Å²) in [4.78, 5) is 0. The van der Waals surface area contributed by atoms with Crippen molar-refractivity contribution in [1.29, 1.82) is 0 Å². The van der Waals surface area contributed by atoms with Crippen molar-refractivity contribution < 1.29 is 0 Å². The fourth-order valence-corrected chi connectivity index (χ4v) is 2.91. The van der Waals surface area contributed by atoms with Crippen LogP contribution in [0.15, 0.2) is 72.8 Å². The predicted octanol–water partition coefficient (Wildman–Crippen LogP) is 4.81. The molecule has 114 valence electrons. The summed E-state index contributed by atoms with van der Waals surface area (Å²) in [6, 6.07) is 26.1. The molecule has 22 heavy (non-hydrogen) atoms. The Balaban J connectivity index is 0.00000176. The summed E-state index contributed by atoms with van der Waals surface area (Å²) in [5.41, 5.74) is 2.80. The number of rotatable bonds is 5.